The largest absolute Gasteiger partial charge is 0.322 e. The molecular formula is C17H13FN6. The molecule has 0 unspecified atom stereocenters. The lowest BCUT2D eigenvalue weighted by atomic mass is 10.1. The van der Waals surface area contributed by atoms with Crippen LogP contribution >= 0.6 is 0 Å². The van der Waals surface area contributed by atoms with Crippen LogP contribution in [0.1, 0.15) is 5.56 Å². The van der Waals surface area contributed by atoms with Crippen molar-refractivity contribution in [1.82, 2.24) is 25.4 Å². The van der Waals surface area contributed by atoms with Gasteiger partial charge in [-0.2, -0.15) is 10.2 Å². The van der Waals surface area contributed by atoms with Gasteiger partial charge < -0.3 is 5.32 Å². The van der Waals surface area contributed by atoms with Gasteiger partial charge in [-0.3, -0.25) is 5.10 Å². The van der Waals surface area contributed by atoms with Crippen LogP contribution in [0, 0.1) is 0 Å². The fraction of sp³-hybridized carbons (Fsp3) is 0.0588. The Morgan fingerprint density at radius 2 is 1.88 bits per heavy atom. The molecule has 2 N–H and O–H groups in total. The van der Waals surface area contributed by atoms with E-state index in [4.69, 9.17) is 0 Å². The molecule has 2 heterocycles. The Balaban J connectivity index is 1.70. The first-order valence-corrected chi connectivity index (χ1v) is 7.39. The maximum atomic E-state index is 13.1. The van der Waals surface area contributed by atoms with Gasteiger partial charge in [0, 0.05) is 10.9 Å². The van der Waals surface area contributed by atoms with Crippen molar-refractivity contribution in [3.05, 3.63) is 60.3 Å². The first kappa shape index (κ1) is 14.3. The van der Waals surface area contributed by atoms with Gasteiger partial charge in [0.25, 0.3) is 0 Å². The fourth-order valence-electron chi connectivity index (χ4n) is 2.51. The van der Waals surface area contributed by atoms with E-state index in [-0.39, 0.29) is 0 Å². The highest BCUT2D eigenvalue weighted by molar-refractivity contribution is 5.90. The molecule has 0 atom stereocenters. The van der Waals surface area contributed by atoms with Crippen LogP contribution in [-0.2, 0) is 6.67 Å². The summed E-state index contributed by atoms with van der Waals surface area (Å²) in [6.45, 7) is -0.582. The summed E-state index contributed by atoms with van der Waals surface area (Å²) in [7, 11) is 0. The monoisotopic (exact) mass is 320 g/mol. The highest BCUT2D eigenvalue weighted by Gasteiger charge is 2.11. The van der Waals surface area contributed by atoms with Gasteiger partial charge in [-0.1, -0.05) is 36.4 Å². The molecule has 2 aromatic carbocycles. The minimum Gasteiger partial charge on any atom is -0.322 e. The Kier molecular flexibility index (Phi) is 3.59. The second-order valence-corrected chi connectivity index (χ2v) is 5.20. The van der Waals surface area contributed by atoms with E-state index in [1.807, 2.05) is 30.3 Å². The zero-order chi connectivity index (χ0) is 16.4. The van der Waals surface area contributed by atoms with Crippen LogP contribution in [0.5, 0.6) is 0 Å². The van der Waals surface area contributed by atoms with Gasteiger partial charge in [0.15, 0.2) is 17.5 Å². The molecule has 6 nitrogen and oxygen atoms in total. The average molecular weight is 320 g/mol. The second kappa shape index (κ2) is 6.04. The normalized spacial score (nSPS) is 10.9. The lowest BCUT2D eigenvalue weighted by Gasteiger charge is -2.06. The van der Waals surface area contributed by atoms with Crippen molar-refractivity contribution in [3.8, 4) is 11.4 Å². The minimum atomic E-state index is -0.582. The number of aromatic nitrogens is 5. The quantitative estimate of drug-likeness (QED) is 0.600. The fourth-order valence-corrected chi connectivity index (χ4v) is 2.51. The van der Waals surface area contributed by atoms with E-state index in [9.17, 15) is 4.39 Å². The predicted molar refractivity (Wildman–Crippen MR) is 89.5 cm³/mol. The number of hydrogen-bond donors (Lipinski definition) is 2. The van der Waals surface area contributed by atoms with Crippen molar-refractivity contribution in [3.63, 3.8) is 0 Å². The molecule has 0 aliphatic rings. The number of benzene rings is 2. The van der Waals surface area contributed by atoms with Crippen molar-refractivity contribution < 1.29 is 4.39 Å². The van der Waals surface area contributed by atoms with E-state index in [2.05, 4.69) is 30.7 Å². The van der Waals surface area contributed by atoms with Crippen LogP contribution in [0.4, 0.5) is 16.0 Å². The number of nitrogens with zero attached hydrogens (tertiary/aromatic N) is 4. The summed E-state index contributed by atoms with van der Waals surface area (Å²) < 4.78 is 13.1. The molecule has 4 rings (SSSR count). The van der Waals surface area contributed by atoms with E-state index >= 15 is 0 Å². The number of nitrogens with one attached hydrogen (secondary N) is 2. The van der Waals surface area contributed by atoms with Gasteiger partial charge in [-0.25, -0.2) is 9.37 Å². The molecule has 0 aliphatic carbocycles. The standard InChI is InChI=1S/C17H13FN6/c18-9-11-5-1-2-6-12(11)16-20-15(10-19-23-16)21-17-13-7-3-4-8-14(13)22-24-17/h1-8,10H,9H2,(H2,20,21,22,23,24). The molecule has 7 heteroatoms. The number of rotatable bonds is 4. The first-order chi connectivity index (χ1) is 11.8. The topological polar surface area (TPSA) is 79.4 Å². The van der Waals surface area contributed by atoms with Crippen LogP contribution in [0.3, 0.4) is 0 Å². The van der Waals surface area contributed by atoms with Gasteiger partial charge in [0.05, 0.1) is 11.7 Å². The summed E-state index contributed by atoms with van der Waals surface area (Å²) in [5.74, 6) is 1.51. The van der Waals surface area contributed by atoms with Crippen molar-refractivity contribution >= 4 is 22.5 Å². The second-order valence-electron chi connectivity index (χ2n) is 5.20. The van der Waals surface area contributed by atoms with E-state index in [0.29, 0.717) is 28.6 Å². The van der Waals surface area contributed by atoms with Crippen molar-refractivity contribution in [1.29, 1.82) is 0 Å². The van der Waals surface area contributed by atoms with Crippen molar-refractivity contribution in [2.75, 3.05) is 5.32 Å². The smallest absolute Gasteiger partial charge is 0.184 e. The molecule has 0 bridgehead atoms. The first-order valence-electron chi connectivity index (χ1n) is 7.39. The average Bonchev–Trinajstić information content (AvgIpc) is 3.05. The SMILES string of the molecule is FCc1ccccc1-c1nncc(Nc2n[nH]c3ccccc23)n1. The lowest BCUT2D eigenvalue weighted by molar-refractivity contribution is 0.486. The van der Waals surface area contributed by atoms with Crippen molar-refractivity contribution in [2.45, 2.75) is 6.67 Å². The Labute approximate surface area is 136 Å². The molecule has 0 amide bonds. The Morgan fingerprint density at radius 1 is 1.04 bits per heavy atom. The van der Waals surface area contributed by atoms with E-state index < -0.39 is 6.67 Å². The van der Waals surface area contributed by atoms with Crippen molar-refractivity contribution in [2.24, 2.45) is 0 Å². The third-order valence-corrected chi connectivity index (χ3v) is 3.68. The van der Waals surface area contributed by atoms with Crippen LogP contribution in [0.25, 0.3) is 22.3 Å². The minimum absolute atomic E-state index is 0.369. The molecule has 0 spiro atoms. The van der Waals surface area contributed by atoms with Crippen LogP contribution in [-0.4, -0.2) is 25.4 Å². The lowest BCUT2D eigenvalue weighted by Crippen LogP contribution is -2.00. The summed E-state index contributed by atoms with van der Waals surface area (Å²) in [6.07, 6.45) is 1.50. The van der Waals surface area contributed by atoms with E-state index in [1.54, 1.807) is 18.2 Å². The summed E-state index contributed by atoms with van der Waals surface area (Å²) in [6, 6.07) is 14.8. The predicted octanol–water partition coefficient (Wildman–Crippen LogP) is 3.63. The summed E-state index contributed by atoms with van der Waals surface area (Å²) >= 11 is 0. The Hall–Kier alpha value is -3.35. The number of alkyl halides is 1. The molecule has 4 aromatic rings. The summed E-state index contributed by atoms with van der Waals surface area (Å²) in [4.78, 5) is 4.43. The number of halogens is 1. The van der Waals surface area contributed by atoms with Gasteiger partial charge in [0.2, 0.25) is 0 Å². The van der Waals surface area contributed by atoms with Gasteiger partial charge in [0.1, 0.15) is 6.67 Å². The number of fused-ring (bicyclic) bond motifs is 1. The molecule has 0 aliphatic heterocycles. The number of hydrogen-bond acceptors (Lipinski definition) is 5. The zero-order valence-electron chi connectivity index (χ0n) is 12.6. The van der Waals surface area contributed by atoms with Crippen LogP contribution < -0.4 is 5.32 Å². The molecule has 118 valence electrons. The van der Waals surface area contributed by atoms with Gasteiger partial charge in [-0.15, -0.1) is 5.10 Å². The number of anilines is 2. The molecule has 2 aromatic heterocycles. The van der Waals surface area contributed by atoms with Gasteiger partial charge in [-0.05, 0) is 17.7 Å². The number of H-pyrrole nitrogens is 1. The third-order valence-electron chi connectivity index (χ3n) is 3.68. The third kappa shape index (κ3) is 2.56. The van der Waals surface area contributed by atoms with E-state index in [0.717, 1.165) is 10.9 Å². The highest BCUT2D eigenvalue weighted by atomic mass is 19.1. The molecular weight excluding hydrogens is 307 g/mol. The molecule has 0 fully saturated rings. The zero-order valence-corrected chi connectivity index (χ0v) is 12.6. The number of aromatic amines is 1. The molecule has 0 radical (unpaired) electrons. The van der Waals surface area contributed by atoms with Crippen LogP contribution in [0.2, 0.25) is 0 Å². The summed E-state index contributed by atoms with van der Waals surface area (Å²) in [5.41, 5.74) is 2.08. The van der Waals surface area contributed by atoms with Gasteiger partial charge >= 0.3 is 0 Å². The Bertz CT molecular complexity index is 997. The van der Waals surface area contributed by atoms with Crippen LogP contribution in [0.15, 0.2) is 54.7 Å². The summed E-state index contributed by atoms with van der Waals surface area (Å²) in [5, 5.41) is 19.2. The van der Waals surface area contributed by atoms with E-state index in [1.165, 1.54) is 6.20 Å². The highest BCUT2D eigenvalue weighted by Crippen LogP contribution is 2.24. The maximum Gasteiger partial charge on any atom is 0.184 e. The Morgan fingerprint density at radius 3 is 2.79 bits per heavy atom. The molecule has 0 saturated carbocycles. The maximum absolute atomic E-state index is 13.1. The number of para-hydroxylation sites is 1. The molecule has 24 heavy (non-hydrogen) atoms. The molecule has 0 saturated heterocycles.